The smallest absolute Gasteiger partial charge is 0.251 e. The number of amides is 1. The Kier molecular flexibility index (Phi) is 7.83. The third-order valence-electron chi connectivity index (χ3n) is 3.18. The van der Waals surface area contributed by atoms with Crippen LogP contribution in [0.15, 0.2) is 18.2 Å². The molecule has 118 valence electrons. The van der Waals surface area contributed by atoms with Crippen LogP contribution >= 0.6 is 0 Å². The average molecular weight is 293 g/mol. The Labute approximate surface area is 127 Å². The molecule has 0 saturated carbocycles. The minimum Gasteiger partial charge on any atom is -0.494 e. The van der Waals surface area contributed by atoms with Crippen LogP contribution in [-0.4, -0.2) is 25.2 Å². The molecule has 0 spiro atoms. The molecule has 0 aliphatic rings. The van der Waals surface area contributed by atoms with Crippen LogP contribution in [0.25, 0.3) is 0 Å². The number of ether oxygens (including phenoxy) is 2. The van der Waals surface area contributed by atoms with Crippen LogP contribution in [0.3, 0.4) is 0 Å². The monoisotopic (exact) mass is 293 g/mol. The standard InChI is InChI=1S/C17H27NO3/c1-5-8-13(4)18-17(19)14-9-10-16(21-7-3)15(11-14)12-20-6-2/h9-11,13H,5-8,12H2,1-4H3,(H,18,19)/t13-/m0/s1. The number of rotatable bonds is 9. The van der Waals surface area contributed by atoms with Gasteiger partial charge in [0.1, 0.15) is 5.75 Å². The first-order chi connectivity index (χ1) is 10.1. The molecule has 0 aromatic heterocycles. The first-order valence-electron chi connectivity index (χ1n) is 7.76. The zero-order valence-electron chi connectivity index (χ0n) is 13.6. The number of hydrogen-bond donors (Lipinski definition) is 1. The van der Waals surface area contributed by atoms with E-state index in [-0.39, 0.29) is 11.9 Å². The number of carbonyl (C=O) groups excluding carboxylic acids is 1. The van der Waals surface area contributed by atoms with E-state index in [1.54, 1.807) is 6.07 Å². The fraction of sp³-hybridized carbons (Fsp3) is 0.588. The Morgan fingerprint density at radius 2 is 2.00 bits per heavy atom. The highest BCUT2D eigenvalue weighted by Gasteiger charge is 2.12. The van der Waals surface area contributed by atoms with Crippen LogP contribution < -0.4 is 10.1 Å². The largest absolute Gasteiger partial charge is 0.494 e. The van der Waals surface area contributed by atoms with E-state index < -0.39 is 0 Å². The first kappa shape index (κ1) is 17.5. The second kappa shape index (κ2) is 9.40. The fourth-order valence-corrected chi connectivity index (χ4v) is 2.15. The van der Waals surface area contributed by atoms with E-state index in [4.69, 9.17) is 9.47 Å². The molecule has 0 fully saturated rings. The van der Waals surface area contributed by atoms with Gasteiger partial charge in [0.2, 0.25) is 0 Å². The predicted octanol–water partition coefficient (Wildman–Crippen LogP) is 3.54. The van der Waals surface area contributed by atoms with E-state index in [0.29, 0.717) is 25.4 Å². The molecule has 1 atom stereocenters. The van der Waals surface area contributed by atoms with Crippen LogP contribution in [0.5, 0.6) is 5.75 Å². The molecule has 1 N–H and O–H groups in total. The molecular weight excluding hydrogens is 266 g/mol. The van der Waals surface area contributed by atoms with Crippen molar-refractivity contribution in [3.63, 3.8) is 0 Å². The topological polar surface area (TPSA) is 47.6 Å². The lowest BCUT2D eigenvalue weighted by Gasteiger charge is -2.15. The Morgan fingerprint density at radius 1 is 1.24 bits per heavy atom. The van der Waals surface area contributed by atoms with E-state index in [9.17, 15) is 4.79 Å². The molecule has 1 amide bonds. The molecule has 1 rings (SSSR count). The summed E-state index contributed by atoms with van der Waals surface area (Å²) >= 11 is 0. The van der Waals surface area contributed by atoms with Crippen LogP contribution in [-0.2, 0) is 11.3 Å². The van der Waals surface area contributed by atoms with E-state index in [1.807, 2.05) is 32.9 Å². The van der Waals surface area contributed by atoms with Gasteiger partial charge in [-0.2, -0.15) is 0 Å². The van der Waals surface area contributed by atoms with E-state index in [2.05, 4.69) is 12.2 Å². The molecule has 21 heavy (non-hydrogen) atoms. The number of hydrogen-bond acceptors (Lipinski definition) is 3. The zero-order chi connectivity index (χ0) is 15.7. The van der Waals surface area contributed by atoms with Gasteiger partial charge in [-0.1, -0.05) is 13.3 Å². The molecule has 0 saturated heterocycles. The normalized spacial score (nSPS) is 12.0. The van der Waals surface area contributed by atoms with Gasteiger partial charge in [0, 0.05) is 23.8 Å². The van der Waals surface area contributed by atoms with Crippen LogP contribution in [0.4, 0.5) is 0 Å². The minimum absolute atomic E-state index is 0.0447. The van der Waals surface area contributed by atoms with E-state index in [0.717, 1.165) is 24.2 Å². The molecule has 0 aliphatic heterocycles. The fourth-order valence-electron chi connectivity index (χ4n) is 2.15. The molecule has 4 heteroatoms. The second-order valence-corrected chi connectivity index (χ2v) is 5.06. The summed E-state index contributed by atoms with van der Waals surface area (Å²) in [4.78, 5) is 12.2. The molecule has 1 aromatic rings. The van der Waals surface area contributed by atoms with Crippen molar-refractivity contribution in [3.05, 3.63) is 29.3 Å². The highest BCUT2D eigenvalue weighted by molar-refractivity contribution is 5.94. The maximum atomic E-state index is 12.2. The third-order valence-corrected chi connectivity index (χ3v) is 3.18. The molecule has 0 heterocycles. The Morgan fingerprint density at radius 3 is 2.62 bits per heavy atom. The zero-order valence-corrected chi connectivity index (χ0v) is 13.6. The Balaban J connectivity index is 2.84. The summed E-state index contributed by atoms with van der Waals surface area (Å²) in [5, 5.41) is 3.01. The van der Waals surface area contributed by atoms with Crippen molar-refractivity contribution in [2.45, 2.75) is 53.2 Å². The highest BCUT2D eigenvalue weighted by atomic mass is 16.5. The van der Waals surface area contributed by atoms with Gasteiger partial charge < -0.3 is 14.8 Å². The van der Waals surface area contributed by atoms with Crippen molar-refractivity contribution in [1.29, 1.82) is 0 Å². The summed E-state index contributed by atoms with van der Waals surface area (Å²) < 4.78 is 11.0. The third kappa shape index (κ3) is 5.76. The van der Waals surface area contributed by atoms with Crippen molar-refractivity contribution in [1.82, 2.24) is 5.32 Å². The van der Waals surface area contributed by atoms with Gasteiger partial charge in [-0.05, 0) is 45.4 Å². The number of carbonyl (C=O) groups is 1. The SMILES string of the molecule is CCC[C@H](C)NC(=O)c1ccc(OCC)c(COCC)c1. The predicted molar refractivity (Wildman–Crippen MR) is 84.8 cm³/mol. The molecule has 0 aliphatic carbocycles. The summed E-state index contributed by atoms with van der Waals surface area (Å²) in [5.41, 5.74) is 1.56. The van der Waals surface area contributed by atoms with Crippen molar-refractivity contribution < 1.29 is 14.3 Å². The molecular formula is C17H27NO3. The van der Waals surface area contributed by atoms with Gasteiger partial charge in [-0.25, -0.2) is 0 Å². The second-order valence-electron chi connectivity index (χ2n) is 5.06. The maximum absolute atomic E-state index is 12.2. The van der Waals surface area contributed by atoms with Crippen molar-refractivity contribution >= 4 is 5.91 Å². The Hall–Kier alpha value is -1.55. The summed E-state index contributed by atoms with van der Waals surface area (Å²) in [6, 6.07) is 5.68. The quantitative estimate of drug-likeness (QED) is 0.757. The van der Waals surface area contributed by atoms with Gasteiger partial charge in [-0.3, -0.25) is 4.79 Å². The summed E-state index contributed by atoms with van der Waals surface area (Å²) in [6.07, 6.45) is 2.04. The molecule has 1 aromatic carbocycles. The summed E-state index contributed by atoms with van der Waals surface area (Å²) in [7, 11) is 0. The van der Waals surface area contributed by atoms with Crippen LogP contribution in [0, 0.1) is 0 Å². The maximum Gasteiger partial charge on any atom is 0.251 e. The highest BCUT2D eigenvalue weighted by Crippen LogP contribution is 2.21. The van der Waals surface area contributed by atoms with E-state index in [1.165, 1.54) is 0 Å². The van der Waals surface area contributed by atoms with Gasteiger partial charge >= 0.3 is 0 Å². The van der Waals surface area contributed by atoms with Gasteiger partial charge in [0.15, 0.2) is 0 Å². The Bertz CT molecular complexity index is 446. The average Bonchev–Trinajstić information content (AvgIpc) is 2.46. The number of benzene rings is 1. The van der Waals surface area contributed by atoms with Gasteiger partial charge in [-0.15, -0.1) is 0 Å². The van der Waals surface area contributed by atoms with Gasteiger partial charge in [0.25, 0.3) is 5.91 Å². The van der Waals surface area contributed by atoms with Gasteiger partial charge in [0.05, 0.1) is 13.2 Å². The first-order valence-corrected chi connectivity index (χ1v) is 7.76. The van der Waals surface area contributed by atoms with Crippen LogP contribution in [0.1, 0.15) is 56.5 Å². The van der Waals surface area contributed by atoms with Crippen LogP contribution in [0.2, 0.25) is 0 Å². The molecule has 0 radical (unpaired) electrons. The van der Waals surface area contributed by atoms with Crippen molar-refractivity contribution in [3.8, 4) is 5.75 Å². The molecule has 0 bridgehead atoms. The molecule has 0 unspecified atom stereocenters. The number of nitrogens with one attached hydrogen (secondary N) is 1. The lowest BCUT2D eigenvalue weighted by Crippen LogP contribution is -2.32. The lowest BCUT2D eigenvalue weighted by atomic mass is 10.1. The van der Waals surface area contributed by atoms with Crippen molar-refractivity contribution in [2.75, 3.05) is 13.2 Å². The lowest BCUT2D eigenvalue weighted by molar-refractivity contribution is 0.0937. The van der Waals surface area contributed by atoms with Crippen molar-refractivity contribution in [2.24, 2.45) is 0 Å². The molecule has 4 nitrogen and oxygen atoms in total. The summed E-state index contributed by atoms with van der Waals surface area (Å²) in [6.45, 7) is 9.71. The minimum atomic E-state index is -0.0447. The van der Waals surface area contributed by atoms with E-state index >= 15 is 0 Å². The summed E-state index contributed by atoms with van der Waals surface area (Å²) in [5.74, 6) is 0.737.